The summed E-state index contributed by atoms with van der Waals surface area (Å²) in [5.41, 5.74) is 7.69. The molecule has 80 valence electrons. The van der Waals surface area contributed by atoms with E-state index in [2.05, 4.69) is 9.98 Å². The van der Waals surface area contributed by atoms with E-state index in [1.807, 2.05) is 48.5 Å². The second kappa shape index (κ2) is 5.07. The monoisotopic (exact) mass is 211 g/mol. The lowest BCUT2D eigenvalue weighted by molar-refractivity contribution is 1.06. The van der Waals surface area contributed by atoms with E-state index in [-0.39, 0.29) is 0 Å². The average Bonchev–Trinajstić information content (AvgIpc) is 2.38. The van der Waals surface area contributed by atoms with E-state index in [9.17, 15) is 0 Å². The predicted molar refractivity (Wildman–Crippen MR) is 65.1 cm³/mol. The first-order valence-corrected chi connectivity index (χ1v) is 5.11. The van der Waals surface area contributed by atoms with Gasteiger partial charge in [-0.3, -0.25) is 9.98 Å². The van der Waals surface area contributed by atoms with Gasteiger partial charge in [-0.1, -0.05) is 36.4 Å². The largest absolute Gasteiger partial charge is 0.382 e. The molecular weight excluding hydrogens is 198 g/mol. The number of nitrogens with two attached hydrogens (primary N) is 1. The topological polar surface area (TPSA) is 51.3 Å². The van der Waals surface area contributed by atoms with Crippen LogP contribution in [0.2, 0.25) is 0 Å². The van der Waals surface area contributed by atoms with Crippen LogP contribution in [0.4, 0.5) is 0 Å². The van der Waals surface area contributed by atoms with Crippen LogP contribution in [0.3, 0.4) is 0 Å². The van der Waals surface area contributed by atoms with Gasteiger partial charge in [0, 0.05) is 6.20 Å². The zero-order chi connectivity index (χ0) is 11.2. The smallest absolute Gasteiger partial charge is 0.144 e. The third kappa shape index (κ3) is 2.67. The molecule has 0 spiro atoms. The van der Waals surface area contributed by atoms with Crippen LogP contribution in [-0.4, -0.2) is 10.8 Å². The van der Waals surface area contributed by atoms with E-state index in [1.54, 1.807) is 6.20 Å². The lowest BCUT2D eigenvalue weighted by atomic mass is 10.2. The number of aliphatic imine (C=N–C) groups is 1. The molecule has 0 saturated heterocycles. The second-order valence-corrected chi connectivity index (χ2v) is 3.40. The van der Waals surface area contributed by atoms with Gasteiger partial charge in [0.2, 0.25) is 0 Å². The zero-order valence-electron chi connectivity index (χ0n) is 8.88. The summed E-state index contributed by atoms with van der Waals surface area (Å²) in [4.78, 5) is 8.43. The Kier molecular flexibility index (Phi) is 3.28. The molecule has 1 aromatic carbocycles. The first kappa shape index (κ1) is 10.4. The Balaban J connectivity index is 2.09. The van der Waals surface area contributed by atoms with E-state index >= 15 is 0 Å². The van der Waals surface area contributed by atoms with Crippen molar-refractivity contribution in [2.75, 3.05) is 0 Å². The Hall–Kier alpha value is -2.16. The minimum absolute atomic E-state index is 0.476. The summed E-state index contributed by atoms with van der Waals surface area (Å²) in [6, 6.07) is 15.6. The van der Waals surface area contributed by atoms with Crippen molar-refractivity contribution >= 4 is 5.84 Å². The Morgan fingerprint density at radius 3 is 2.50 bits per heavy atom. The minimum Gasteiger partial charge on any atom is -0.382 e. The van der Waals surface area contributed by atoms with Gasteiger partial charge < -0.3 is 5.73 Å². The van der Waals surface area contributed by atoms with Gasteiger partial charge in [0.15, 0.2) is 0 Å². The van der Waals surface area contributed by atoms with Gasteiger partial charge in [0.1, 0.15) is 11.5 Å². The van der Waals surface area contributed by atoms with Gasteiger partial charge in [-0.25, -0.2) is 0 Å². The molecule has 2 rings (SSSR count). The Bertz CT molecular complexity index is 463. The molecule has 2 aromatic rings. The molecule has 1 heterocycles. The first-order chi connectivity index (χ1) is 7.86. The molecule has 0 bridgehead atoms. The second-order valence-electron chi connectivity index (χ2n) is 3.40. The lowest BCUT2D eigenvalue weighted by Gasteiger charge is -2.00. The molecule has 3 heteroatoms. The summed E-state index contributed by atoms with van der Waals surface area (Å²) >= 11 is 0. The summed E-state index contributed by atoms with van der Waals surface area (Å²) in [6.45, 7) is 0.587. The molecule has 2 N–H and O–H groups in total. The van der Waals surface area contributed by atoms with Crippen molar-refractivity contribution in [3.05, 3.63) is 66.0 Å². The van der Waals surface area contributed by atoms with Crippen LogP contribution in [0.25, 0.3) is 0 Å². The summed E-state index contributed by atoms with van der Waals surface area (Å²) < 4.78 is 0. The molecule has 0 aliphatic rings. The van der Waals surface area contributed by atoms with E-state index in [0.717, 1.165) is 11.3 Å². The number of nitrogens with zero attached hydrogens (tertiary/aromatic N) is 2. The number of amidine groups is 1. The molecule has 0 atom stereocenters. The molecule has 0 unspecified atom stereocenters. The predicted octanol–water partition coefficient (Wildman–Crippen LogP) is 1.99. The van der Waals surface area contributed by atoms with Crippen LogP contribution < -0.4 is 5.73 Å². The lowest BCUT2D eigenvalue weighted by Crippen LogP contribution is -2.15. The van der Waals surface area contributed by atoms with Crippen LogP contribution >= 0.6 is 0 Å². The van der Waals surface area contributed by atoms with E-state index in [0.29, 0.717) is 12.4 Å². The van der Waals surface area contributed by atoms with Gasteiger partial charge in [0.25, 0.3) is 0 Å². The fraction of sp³-hybridized carbons (Fsp3) is 0.0769. The number of aromatic nitrogens is 1. The third-order valence-corrected chi connectivity index (χ3v) is 2.20. The van der Waals surface area contributed by atoms with Gasteiger partial charge in [-0.2, -0.15) is 0 Å². The van der Waals surface area contributed by atoms with Gasteiger partial charge in [-0.15, -0.1) is 0 Å². The number of hydrogen-bond donors (Lipinski definition) is 1. The quantitative estimate of drug-likeness (QED) is 0.623. The van der Waals surface area contributed by atoms with Crippen LogP contribution in [0.5, 0.6) is 0 Å². The number of hydrogen-bond acceptors (Lipinski definition) is 2. The van der Waals surface area contributed by atoms with Crippen LogP contribution in [-0.2, 0) is 6.54 Å². The third-order valence-electron chi connectivity index (χ3n) is 2.20. The van der Waals surface area contributed by atoms with Gasteiger partial charge in [-0.05, 0) is 17.7 Å². The Morgan fingerprint density at radius 1 is 1.06 bits per heavy atom. The highest BCUT2D eigenvalue weighted by Crippen LogP contribution is 2.01. The number of benzene rings is 1. The van der Waals surface area contributed by atoms with Crippen molar-refractivity contribution < 1.29 is 0 Å². The first-order valence-electron chi connectivity index (χ1n) is 5.11. The molecule has 3 nitrogen and oxygen atoms in total. The molecule has 1 aromatic heterocycles. The highest BCUT2D eigenvalue weighted by molar-refractivity contribution is 5.95. The molecular formula is C13H13N3. The maximum Gasteiger partial charge on any atom is 0.144 e. The van der Waals surface area contributed by atoms with Crippen molar-refractivity contribution in [2.24, 2.45) is 10.7 Å². The maximum absolute atomic E-state index is 5.83. The van der Waals surface area contributed by atoms with Crippen molar-refractivity contribution in [3.8, 4) is 0 Å². The van der Waals surface area contributed by atoms with E-state index in [1.165, 1.54) is 0 Å². The van der Waals surface area contributed by atoms with Crippen molar-refractivity contribution in [2.45, 2.75) is 6.54 Å². The van der Waals surface area contributed by atoms with E-state index < -0.39 is 0 Å². The normalized spacial score (nSPS) is 11.4. The zero-order valence-corrected chi connectivity index (χ0v) is 8.88. The number of rotatable bonds is 3. The molecule has 0 fully saturated rings. The molecule has 0 saturated carbocycles. The molecule has 0 radical (unpaired) electrons. The summed E-state index contributed by atoms with van der Waals surface area (Å²) in [7, 11) is 0. The highest BCUT2D eigenvalue weighted by atomic mass is 14.9. The Morgan fingerprint density at radius 2 is 1.81 bits per heavy atom. The van der Waals surface area contributed by atoms with Gasteiger partial charge >= 0.3 is 0 Å². The fourth-order valence-corrected chi connectivity index (χ4v) is 1.36. The van der Waals surface area contributed by atoms with Gasteiger partial charge in [0.05, 0.1) is 6.54 Å². The Labute approximate surface area is 94.7 Å². The SMILES string of the molecule is NC(=NCc1ccccc1)c1ccccn1. The number of pyridine rings is 1. The molecule has 0 aliphatic heterocycles. The van der Waals surface area contributed by atoms with Crippen molar-refractivity contribution in [1.29, 1.82) is 0 Å². The standard InChI is InChI=1S/C13H13N3/c14-13(12-8-4-5-9-15-12)16-10-11-6-2-1-3-7-11/h1-9H,10H2,(H2,14,16). The highest BCUT2D eigenvalue weighted by Gasteiger charge is 1.97. The molecule has 0 amide bonds. The fourth-order valence-electron chi connectivity index (χ4n) is 1.36. The molecule has 0 aliphatic carbocycles. The molecule has 16 heavy (non-hydrogen) atoms. The summed E-state index contributed by atoms with van der Waals surface area (Å²) in [6.07, 6.45) is 1.71. The van der Waals surface area contributed by atoms with Crippen LogP contribution in [0.15, 0.2) is 59.7 Å². The average molecular weight is 211 g/mol. The summed E-state index contributed by atoms with van der Waals surface area (Å²) in [5.74, 6) is 0.476. The van der Waals surface area contributed by atoms with E-state index in [4.69, 9.17) is 5.73 Å². The van der Waals surface area contributed by atoms with Crippen LogP contribution in [0, 0.1) is 0 Å². The van der Waals surface area contributed by atoms with Crippen molar-refractivity contribution in [3.63, 3.8) is 0 Å². The summed E-state index contributed by atoms with van der Waals surface area (Å²) in [5, 5.41) is 0. The maximum atomic E-state index is 5.83. The van der Waals surface area contributed by atoms with Crippen molar-refractivity contribution in [1.82, 2.24) is 4.98 Å². The van der Waals surface area contributed by atoms with Crippen LogP contribution in [0.1, 0.15) is 11.3 Å². The minimum atomic E-state index is 0.476.